The van der Waals surface area contributed by atoms with E-state index in [0.29, 0.717) is 16.9 Å². The third-order valence-corrected chi connectivity index (χ3v) is 6.60. The van der Waals surface area contributed by atoms with Crippen molar-refractivity contribution in [1.29, 1.82) is 0 Å². The Hall–Kier alpha value is -3.35. The molecule has 39 heavy (non-hydrogen) atoms. The average Bonchev–Trinajstić information content (AvgIpc) is 2.86. The summed E-state index contributed by atoms with van der Waals surface area (Å²) in [5, 5.41) is 10.6. The lowest BCUT2D eigenvalue weighted by molar-refractivity contribution is -0.141. The van der Waals surface area contributed by atoms with Crippen LogP contribution in [0.4, 0.5) is 13.2 Å². The molecule has 0 saturated carbocycles. The predicted octanol–water partition coefficient (Wildman–Crippen LogP) is 5.94. The lowest BCUT2D eigenvalue weighted by atomic mass is 10.0. The van der Waals surface area contributed by atoms with Gasteiger partial charge in [-0.3, -0.25) is 9.36 Å². The minimum absolute atomic E-state index is 0.0155. The molecule has 0 saturated heterocycles. The van der Waals surface area contributed by atoms with Crippen LogP contribution >= 0.6 is 27.5 Å². The molecule has 0 unspecified atom stereocenters. The molecule has 0 aliphatic carbocycles. The highest BCUT2D eigenvalue weighted by Crippen LogP contribution is 2.31. The largest absolute Gasteiger partial charge is 0.470 e. The Morgan fingerprint density at radius 2 is 1.82 bits per heavy atom. The monoisotopic (exact) mass is 623 g/mol. The molecular formula is C26H22BrClF3N5O3. The molecule has 8 nitrogen and oxygen atoms in total. The first-order valence-electron chi connectivity index (χ1n) is 11.5. The Balaban J connectivity index is 1.71. The Morgan fingerprint density at radius 3 is 2.49 bits per heavy atom. The Morgan fingerprint density at radius 1 is 1.10 bits per heavy atom. The summed E-state index contributed by atoms with van der Waals surface area (Å²) in [6.07, 6.45) is -3.00. The summed E-state index contributed by atoms with van der Waals surface area (Å²) in [6, 6.07) is 8.47. The van der Waals surface area contributed by atoms with Gasteiger partial charge in [0.05, 0.1) is 22.1 Å². The van der Waals surface area contributed by atoms with Crippen molar-refractivity contribution in [2.75, 3.05) is 0 Å². The van der Waals surface area contributed by atoms with Gasteiger partial charge in [-0.25, -0.2) is 15.0 Å². The average molecular weight is 625 g/mol. The highest BCUT2D eigenvalue weighted by atomic mass is 79.9. The summed E-state index contributed by atoms with van der Waals surface area (Å²) in [5.41, 5.74) is -0.619. The van der Waals surface area contributed by atoms with Crippen molar-refractivity contribution in [3.05, 3.63) is 91.0 Å². The van der Waals surface area contributed by atoms with Gasteiger partial charge in [0.1, 0.15) is 28.2 Å². The van der Waals surface area contributed by atoms with Gasteiger partial charge in [0.2, 0.25) is 5.88 Å². The molecule has 3 aromatic heterocycles. The number of ether oxygens (including phenoxy) is 1. The van der Waals surface area contributed by atoms with Gasteiger partial charge in [0, 0.05) is 11.8 Å². The number of halogens is 5. The van der Waals surface area contributed by atoms with Crippen LogP contribution in [0.3, 0.4) is 0 Å². The zero-order chi connectivity index (χ0) is 28.7. The van der Waals surface area contributed by atoms with Crippen LogP contribution in [0.15, 0.2) is 51.9 Å². The van der Waals surface area contributed by atoms with Crippen LogP contribution in [0.1, 0.15) is 42.4 Å². The van der Waals surface area contributed by atoms with E-state index in [-0.39, 0.29) is 39.3 Å². The molecule has 0 amide bonds. The predicted molar refractivity (Wildman–Crippen MR) is 142 cm³/mol. The molecule has 0 radical (unpaired) electrons. The number of aryl methyl sites for hydroxylation is 2. The molecule has 0 spiro atoms. The highest BCUT2D eigenvalue weighted by Gasteiger charge is 2.32. The van der Waals surface area contributed by atoms with E-state index in [1.165, 1.54) is 16.7 Å². The number of nitrogens with zero attached hydrogens (tertiary/aromatic N) is 5. The van der Waals surface area contributed by atoms with E-state index in [0.717, 1.165) is 11.6 Å². The van der Waals surface area contributed by atoms with Gasteiger partial charge in [-0.15, -0.1) is 0 Å². The molecule has 3 heterocycles. The number of hydrogen-bond acceptors (Lipinski definition) is 7. The van der Waals surface area contributed by atoms with E-state index in [1.54, 1.807) is 45.2 Å². The standard InChI is InChI=1S/C26H22BrClF3N5O3/c1-13-11-32-24(25(3,4)38)35-21(13)15-8-9-17(28)18(10-15)36-14(2)33-22(20(27)23(36)37)39-12-16-6-5-7-19(34-16)26(29,30)31/h5-11,38H,12H2,1-4H3. The minimum Gasteiger partial charge on any atom is -0.470 e. The Labute approximate surface area is 234 Å². The number of rotatable bonds is 6. The number of aliphatic hydroxyl groups is 1. The maximum atomic E-state index is 13.4. The van der Waals surface area contributed by atoms with Crippen molar-refractivity contribution >= 4 is 27.5 Å². The maximum Gasteiger partial charge on any atom is 0.433 e. The van der Waals surface area contributed by atoms with Gasteiger partial charge in [-0.1, -0.05) is 23.7 Å². The van der Waals surface area contributed by atoms with Crippen molar-refractivity contribution in [2.24, 2.45) is 0 Å². The first-order valence-corrected chi connectivity index (χ1v) is 12.7. The van der Waals surface area contributed by atoms with Crippen molar-refractivity contribution in [1.82, 2.24) is 24.5 Å². The third kappa shape index (κ3) is 6.13. The van der Waals surface area contributed by atoms with Gasteiger partial charge in [-0.2, -0.15) is 18.2 Å². The van der Waals surface area contributed by atoms with Crippen molar-refractivity contribution < 1.29 is 23.0 Å². The van der Waals surface area contributed by atoms with Crippen LogP contribution in [-0.4, -0.2) is 29.6 Å². The van der Waals surface area contributed by atoms with Crippen LogP contribution in [0.25, 0.3) is 16.9 Å². The number of aromatic nitrogens is 5. The first kappa shape index (κ1) is 28.7. The summed E-state index contributed by atoms with van der Waals surface area (Å²) in [5.74, 6) is 0.335. The van der Waals surface area contributed by atoms with E-state index in [9.17, 15) is 23.1 Å². The first-order chi connectivity index (χ1) is 18.2. The summed E-state index contributed by atoms with van der Waals surface area (Å²) in [4.78, 5) is 30.0. The highest BCUT2D eigenvalue weighted by molar-refractivity contribution is 9.10. The molecule has 0 aliphatic rings. The second kappa shape index (κ2) is 10.7. The normalized spacial score (nSPS) is 12.1. The molecular weight excluding hydrogens is 603 g/mol. The zero-order valence-corrected chi connectivity index (χ0v) is 23.5. The third-order valence-electron chi connectivity index (χ3n) is 5.60. The molecule has 13 heteroatoms. The number of benzene rings is 1. The molecule has 1 aromatic carbocycles. The molecule has 0 bridgehead atoms. The summed E-state index contributed by atoms with van der Waals surface area (Å²) < 4.78 is 45.7. The van der Waals surface area contributed by atoms with Crippen LogP contribution < -0.4 is 10.3 Å². The van der Waals surface area contributed by atoms with Crippen LogP contribution in [0.5, 0.6) is 5.88 Å². The Bertz CT molecular complexity index is 1620. The smallest absolute Gasteiger partial charge is 0.433 e. The molecule has 0 aliphatic heterocycles. The van der Waals surface area contributed by atoms with Gasteiger partial charge in [0.25, 0.3) is 5.56 Å². The summed E-state index contributed by atoms with van der Waals surface area (Å²) in [7, 11) is 0. The lowest BCUT2D eigenvalue weighted by Crippen LogP contribution is -2.24. The Kier molecular flexibility index (Phi) is 7.84. The minimum atomic E-state index is -4.60. The van der Waals surface area contributed by atoms with E-state index in [4.69, 9.17) is 16.3 Å². The van der Waals surface area contributed by atoms with Gasteiger partial charge in [-0.05, 0) is 73.5 Å². The SMILES string of the molecule is Cc1cnc(C(C)(C)O)nc1-c1ccc(Cl)c(-n2c(C)nc(OCc3cccc(C(F)(F)F)n3)c(Br)c2=O)c1. The molecule has 204 valence electrons. The second-order valence-corrected chi connectivity index (χ2v) is 10.4. The summed E-state index contributed by atoms with van der Waals surface area (Å²) >= 11 is 9.68. The van der Waals surface area contributed by atoms with Gasteiger partial charge >= 0.3 is 6.18 Å². The van der Waals surface area contributed by atoms with Crippen LogP contribution in [0, 0.1) is 13.8 Å². The number of pyridine rings is 1. The van der Waals surface area contributed by atoms with E-state index < -0.39 is 23.0 Å². The fraction of sp³-hybridized carbons (Fsp3) is 0.269. The molecule has 4 rings (SSSR count). The van der Waals surface area contributed by atoms with E-state index >= 15 is 0 Å². The van der Waals surface area contributed by atoms with Gasteiger partial charge in [0.15, 0.2) is 5.82 Å². The molecule has 0 fully saturated rings. The second-order valence-electron chi connectivity index (χ2n) is 9.17. The van der Waals surface area contributed by atoms with E-state index in [2.05, 4.69) is 35.9 Å². The zero-order valence-electron chi connectivity index (χ0n) is 21.1. The number of alkyl halides is 3. The van der Waals surface area contributed by atoms with Crippen LogP contribution in [0.2, 0.25) is 5.02 Å². The van der Waals surface area contributed by atoms with Gasteiger partial charge < -0.3 is 9.84 Å². The summed E-state index contributed by atoms with van der Waals surface area (Å²) in [6.45, 7) is 6.19. The van der Waals surface area contributed by atoms with Crippen molar-refractivity contribution in [3.63, 3.8) is 0 Å². The quantitative estimate of drug-likeness (QED) is 0.283. The van der Waals surface area contributed by atoms with Crippen molar-refractivity contribution in [2.45, 2.75) is 46.1 Å². The topological polar surface area (TPSA) is 103 Å². The van der Waals surface area contributed by atoms with Crippen LogP contribution in [-0.2, 0) is 18.4 Å². The van der Waals surface area contributed by atoms with E-state index in [1.807, 2.05) is 6.92 Å². The lowest BCUT2D eigenvalue weighted by Gasteiger charge is -2.18. The fourth-order valence-corrected chi connectivity index (χ4v) is 4.27. The molecule has 0 atom stereocenters. The molecule has 1 N–H and O–H groups in total. The molecule has 4 aromatic rings. The van der Waals surface area contributed by atoms with Crippen molar-refractivity contribution in [3.8, 4) is 22.8 Å². The maximum absolute atomic E-state index is 13.4. The fourth-order valence-electron chi connectivity index (χ4n) is 3.68. The number of hydrogen-bond donors (Lipinski definition) is 1.